The van der Waals surface area contributed by atoms with Crippen molar-refractivity contribution in [3.63, 3.8) is 0 Å². The van der Waals surface area contributed by atoms with Crippen molar-refractivity contribution in [2.75, 3.05) is 26.3 Å². The summed E-state index contributed by atoms with van der Waals surface area (Å²) >= 11 is 0. The number of hydrogen-bond donors (Lipinski definition) is 1. The van der Waals surface area contributed by atoms with Gasteiger partial charge in [-0.2, -0.15) is 0 Å². The summed E-state index contributed by atoms with van der Waals surface area (Å²) in [7, 11) is 2.08. The van der Waals surface area contributed by atoms with Crippen LogP contribution in [0.4, 0.5) is 0 Å². The summed E-state index contributed by atoms with van der Waals surface area (Å²) in [5.74, 6) is 1.20. The van der Waals surface area contributed by atoms with Crippen molar-refractivity contribution >= 4 is 0 Å². The molecule has 108 valence electrons. The highest BCUT2D eigenvalue weighted by molar-refractivity contribution is 4.94. The number of ether oxygens (including phenoxy) is 1. The molecule has 0 radical (unpaired) electrons. The Morgan fingerprint density at radius 1 is 1.42 bits per heavy atom. The predicted molar refractivity (Wildman–Crippen MR) is 77.2 cm³/mol. The van der Waals surface area contributed by atoms with Crippen molar-refractivity contribution in [1.29, 1.82) is 0 Å². The van der Waals surface area contributed by atoms with Crippen molar-refractivity contribution in [3.05, 3.63) is 18.2 Å². The molecular formula is C15H27N3O. The van der Waals surface area contributed by atoms with Crippen LogP contribution in [0.15, 0.2) is 12.4 Å². The van der Waals surface area contributed by atoms with Gasteiger partial charge in [0.2, 0.25) is 0 Å². The second kappa shape index (κ2) is 7.06. The minimum absolute atomic E-state index is 0.402. The molecule has 0 atom stereocenters. The number of nitrogens with one attached hydrogen (secondary N) is 1. The molecule has 0 amide bonds. The Morgan fingerprint density at radius 3 is 2.84 bits per heavy atom. The van der Waals surface area contributed by atoms with Gasteiger partial charge in [0, 0.05) is 45.6 Å². The molecule has 1 saturated heterocycles. The average Bonchev–Trinajstić information content (AvgIpc) is 2.84. The van der Waals surface area contributed by atoms with Crippen LogP contribution < -0.4 is 5.32 Å². The van der Waals surface area contributed by atoms with Crippen LogP contribution in [0.5, 0.6) is 0 Å². The highest BCUT2D eigenvalue weighted by atomic mass is 16.5. The Labute approximate surface area is 116 Å². The van der Waals surface area contributed by atoms with Crippen LogP contribution in [0.3, 0.4) is 0 Å². The molecular weight excluding hydrogens is 238 g/mol. The molecule has 1 fully saturated rings. The monoisotopic (exact) mass is 265 g/mol. The Hall–Kier alpha value is -0.870. The van der Waals surface area contributed by atoms with Crippen LogP contribution >= 0.6 is 0 Å². The summed E-state index contributed by atoms with van der Waals surface area (Å²) in [6, 6.07) is 0. The van der Waals surface area contributed by atoms with E-state index in [2.05, 4.69) is 28.8 Å². The number of aryl methyl sites for hydroxylation is 2. The van der Waals surface area contributed by atoms with Gasteiger partial charge in [0.25, 0.3) is 0 Å². The molecule has 0 bridgehead atoms. The number of rotatable bonds is 7. The molecule has 2 rings (SSSR count). The van der Waals surface area contributed by atoms with E-state index in [1.54, 1.807) is 0 Å². The first-order valence-corrected chi connectivity index (χ1v) is 7.50. The van der Waals surface area contributed by atoms with Crippen LogP contribution in [0, 0.1) is 5.41 Å². The van der Waals surface area contributed by atoms with Gasteiger partial charge >= 0.3 is 0 Å². The van der Waals surface area contributed by atoms with Crippen molar-refractivity contribution in [3.8, 4) is 0 Å². The van der Waals surface area contributed by atoms with E-state index in [0.717, 1.165) is 32.7 Å². The van der Waals surface area contributed by atoms with Crippen molar-refractivity contribution in [1.82, 2.24) is 14.9 Å². The van der Waals surface area contributed by atoms with Crippen molar-refractivity contribution < 1.29 is 4.74 Å². The van der Waals surface area contributed by atoms with Gasteiger partial charge in [-0.25, -0.2) is 4.98 Å². The van der Waals surface area contributed by atoms with Crippen LogP contribution in [0.1, 0.15) is 38.4 Å². The second-order valence-corrected chi connectivity index (χ2v) is 5.74. The van der Waals surface area contributed by atoms with Gasteiger partial charge in [-0.05, 0) is 37.6 Å². The Kier molecular flexibility index (Phi) is 5.40. The molecule has 0 aromatic carbocycles. The van der Waals surface area contributed by atoms with Crippen molar-refractivity contribution in [2.45, 2.75) is 39.0 Å². The molecule has 1 aromatic heterocycles. The Bertz CT molecular complexity index is 369. The number of aromatic nitrogens is 2. The van der Waals surface area contributed by atoms with Crippen molar-refractivity contribution in [2.24, 2.45) is 12.5 Å². The first kappa shape index (κ1) is 14.5. The Balaban J connectivity index is 1.91. The minimum Gasteiger partial charge on any atom is -0.381 e. The van der Waals surface area contributed by atoms with E-state index in [0.29, 0.717) is 5.41 Å². The molecule has 1 aliphatic rings. The minimum atomic E-state index is 0.402. The number of hydrogen-bond acceptors (Lipinski definition) is 3. The van der Waals surface area contributed by atoms with Crippen LogP contribution in [0.2, 0.25) is 0 Å². The van der Waals surface area contributed by atoms with Gasteiger partial charge in [-0.3, -0.25) is 0 Å². The first-order valence-electron chi connectivity index (χ1n) is 7.50. The molecule has 0 unspecified atom stereocenters. The summed E-state index contributed by atoms with van der Waals surface area (Å²) in [4.78, 5) is 4.44. The molecule has 2 heterocycles. The molecule has 1 aromatic rings. The fourth-order valence-corrected chi connectivity index (χ4v) is 2.86. The molecule has 0 saturated carbocycles. The van der Waals surface area contributed by atoms with E-state index in [1.165, 1.54) is 31.5 Å². The predicted octanol–water partition coefficient (Wildman–Crippen LogP) is 2.15. The van der Waals surface area contributed by atoms with Gasteiger partial charge in [-0.15, -0.1) is 0 Å². The fourth-order valence-electron chi connectivity index (χ4n) is 2.86. The van der Waals surface area contributed by atoms with Crippen LogP contribution in [-0.4, -0.2) is 35.9 Å². The lowest BCUT2D eigenvalue weighted by atomic mass is 9.76. The quantitative estimate of drug-likeness (QED) is 0.768. The average molecular weight is 265 g/mol. The molecule has 1 N–H and O–H groups in total. The summed E-state index contributed by atoms with van der Waals surface area (Å²) < 4.78 is 7.67. The zero-order valence-electron chi connectivity index (χ0n) is 12.3. The summed E-state index contributed by atoms with van der Waals surface area (Å²) in [6.45, 7) is 6.28. The van der Waals surface area contributed by atoms with E-state index in [9.17, 15) is 0 Å². The highest BCUT2D eigenvalue weighted by Crippen LogP contribution is 2.34. The molecule has 4 heteroatoms. The highest BCUT2D eigenvalue weighted by Gasteiger charge is 2.32. The first-order chi connectivity index (χ1) is 9.26. The number of imidazole rings is 1. The zero-order valence-corrected chi connectivity index (χ0v) is 12.3. The standard InChI is InChI=1S/C15H27N3O/c1-3-8-16-13-15(6-11-19-12-7-15)5-4-14-17-9-10-18(14)2/h9-10,16H,3-8,11-13H2,1-2H3. The largest absolute Gasteiger partial charge is 0.381 e. The van der Waals surface area contributed by atoms with E-state index < -0.39 is 0 Å². The zero-order chi connectivity index (χ0) is 13.6. The lowest BCUT2D eigenvalue weighted by molar-refractivity contribution is 0.0103. The molecule has 4 nitrogen and oxygen atoms in total. The third-order valence-electron chi connectivity index (χ3n) is 4.28. The normalized spacial score (nSPS) is 18.6. The summed E-state index contributed by atoms with van der Waals surface area (Å²) in [5.41, 5.74) is 0.402. The lowest BCUT2D eigenvalue weighted by Crippen LogP contribution is -2.40. The van der Waals surface area contributed by atoms with Gasteiger partial charge in [0.15, 0.2) is 0 Å². The molecule has 19 heavy (non-hydrogen) atoms. The lowest BCUT2D eigenvalue weighted by Gasteiger charge is -2.37. The SMILES string of the molecule is CCCNCC1(CCc2nccn2C)CCOCC1. The van der Waals surface area contributed by atoms with E-state index in [1.807, 2.05) is 12.4 Å². The van der Waals surface area contributed by atoms with Gasteiger partial charge < -0.3 is 14.6 Å². The Morgan fingerprint density at radius 2 is 2.21 bits per heavy atom. The van der Waals surface area contributed by atoms with Gasteiger partial charge in [-0.1, -0.05) is 6.92 Å². The van der Waals surface area contributed by atoms with Gasteiger partial charge in [0.05, 0.1) is 0 Å². The number of nitrogens with zero attached hydrogens (tertiary/aromatic N) is 2. The topological polar surface area (TPSA) is 39.1 Å². The second-order valence-electron chi connectivity index (χ2n) is 5.74. The van der Waals surface area contributed by atoms with E-state index >= 15 is 0 Å². The smallest absolute Gasteiger partial charge is 0.108 e. The third-order valence-corrected chi connectivity index (χ3v) is 4.28. The van der Waals surface area contributed by atoms with E-state index in [4.69, 9.17) is 4.74 Å². The molecule has 1 aliphatic heterocycles. The molecule has 0 spiro atoms. The van der Waals surface area contributed by atoms with Crippen LogP contribution in [0.25, 0.3) is 0 Å². The summed E-state index contributed by atoms with van der Waals surface area (Å²) in [6.07, 6.45) is 9.74. The molecule has 0 aliphatic carbocycles. The maximum Gasteiger partial charge on any atom is 0.108 e. The maximum atomic E-state index is 5.54. The van der Waals surface area contributed by atoms with Crippen LogP contribution in [-0.2, 0) is 18.2 Å². The maximum absolute atomic E-state index is 5.54. The third kappa shape index (κ3) is 4.05. The summed E-state index contributed by atoms with van der Waals surface area (Å²) in [5, 5.41) is 3.61. The van der Waals surface area contributed by atoms with E-state index in [-0.39, 0.29) is 0 Å². The van der Waals surface area contributed by atoms with Gasteiger partial charge in [0.1, 0.15) is 5.82 Å². The fraction of sp³-hybridized carbons (Fsp3) is 0.800.